The third kappa shape index (κ3) is 4.03. The van der Waals surface area contributed by atoms with Crippen molar-refractivity contribution in [2.45, 2.75) is 51.5 Å². The van der Waals surface area contributed by atoms with Gasteiger partial charge < -0.3 is 10.2 Å². The zero-order valence-electron chi connectivity index (χ0n) is 13.6. The SMILES string of the molecule is CCN(CCNC(=NC)N1CCC2(CCC2)C1)C1CC1.I. The van der Waals surface area contributed by atoms with Crippen LogP contribution in [0, 0.1) is 5.41 Å². The summed E-state index contributed by atoms with van der Waals surface area (Å²) in [6.45, 7) is 8.05. The van der Waals surface area contributed by atoms with Gasteiger partial charge in [0.25, 0.3) is 0 Å². The van der Waals surface area contributed by atoms with Crippen molar-refractivity contribution in [2.24, 2.45) is 10.4 Å². The summed E-state index contributed by atoms with van der Waals surface area (Å²) in [5, 5.41) is 3.58. The van der Waals surface area contributed by atoms with Gasteiger partial charge in [0.05, 0.1) is 0 Å². The van der Waals surface area contributed by atoms with Crippen molar-refractivity contribution in [2.75, 3.05) is 39.8 Å². The first-order chi connectivity index (χ1) is 9.76. The largest absolute Gasteiger partial charge is 0.355 e. The Hall–Kier alpha value is -0.0400. The van der Waals surface area contributed by atoms with Gasteiger partial charge in [-0.3, -0.25) is 9.89 Å². The van der Waals surface area contributed by atoms with Gasteiger partial charge >= 0.3 is 0 Å². The Bertz CT molecular complexity index is 363. The van der Waals surface area contributed by atoms with Crippen molar-refractivity contribution < 1.29 is 0 Å². The summed E-state index contributed by atoms with van der Waals surface area (Å²) >= 11 is 0. The molecule has 2 aliphatic carbocycles. The molecule has 3 fully saturated rings. The Labute approximate surface area is 146 Å². The second kappa shape index (κ2) is 7.49. The maximum Gasteiger partial charge on any atom is 0.193 e. The maximum atomic E-state index is 4.49. The highest BCUT2D eigenvalue weighted by atomic mass is 127. The van der Waals surface area contributed by atoms with Crippen LogP contribution in [0.25, 0.3) is 0 Å². The molecule has 1 spiro atoms. The first kappa shape index (κ1) is 17.3. The molecule has 0 amide bonds. The van der Waals surface area contributed by atoms with Crippen molar-refractivity contribution in [3.63, 3.8) is 0 Å². The van der Waals surface area contributed by atoms with E-state index in [1.807, 2.05) is 7.05 Å². The number of nitrogens with zero attached hydrogens (tertiary/aromatic N) is 3. The molecular formula is C16H31IN4. The first-order valence-corrected chi connectivity index (χ1v) is 8.46. The van der Waals surface area contributed by atoms with E-state index in [1.165, 1.54) is 58.2 Å². The van der Waals surface area contributed by atoms with Gasteiger partial charge in [0.1, 0.15) is 0 Å². The van der Waals surface area contributed by atoms with Crippen LogP contribution in [0.2, 0.25) is 0 Å². The number of likely N-dealkylation sites (N-methyl/N-ethyl adjacent to an activating group) is 1. The standard InChI is InChI=1S/C16H30N4.HI/c1-3-19(14-5-6-14)12-10-18-15(17-2)20-11-9-16(13-20)7-4-8-16;/h14H,3-13H2,1-2H3,(H,17,18);1H. The normalized spacial score (nSPS) is 24.1. The van der Waals surface area contributed by atoms with E-state index in [4.69, 9.17) is 0 Å². The molecule has 0 radical (unpaired) electrons. The molecule has 0 aromatic heterocycles. The Morgan fingerprint density at radius 2 is 2.10 bits per heavy atom. The molecule has 1 heterocycles. The third-order valence-corrected chi connectivity index (χ3v) is 5.52. The Morgan fingerprint density at radius 3 is 2.57 bits per heavy atom. The molecular weight excluding hydrogens is 375 g/mol. The van der Waals surface area contributed by atoms with E-state index in [2.05, 4.69) is 27.0 Å². The van der Waals surface area contributed by atoms with Crippen LogP contribution in [0.4, 0.5) is 0 Å². The summed E-state index contributed by atoms with van der Waals surface area (Å²) in [5.41, 5.74) is 0.654. The highest BCUT2D eigenvalue weighted by Gasteiger charge is 2.43. The molecule has 0 aromatic carbocycles. The summed E-state index contributed by atoms with van der Waals surface area (Å²) in [4.78, 5) is 9.56. The van der Waals surface area contributed by atoms with Crippen molar-refractivity contribution >= 4 is 29.9 Å². The van der Waals surface area contributed by atoms with E-state index in [1.54, 1.807) is 0 Å². The molecule has 4 nitrogen and oxygen atoms in total. The van der Waals surface area contributed by atoms with Gasteiger partial charge in [0.2, 0.25) is 0 Å². The summed E-state index contributed by atoms with van der Waals surface area (Å²) in [7, 11) is 1.92. The van der Waals surface area contributed by atoms with Crippen LogP contribution in [0.3, 0.4) is 0 Å². The number of guanidine groups is 1. The summed E-state index contributed by atoms with van der Waals surface area (Å²) in [6.07, 6.45) is 8.48. The Morgan fingerprint density at radius 1 is 1.33 bits per heavy atom. The van der Waals surface area contributed by atoms with Gasteiger partial charge in [-0.1, -0.05) is 13.3 Å². The van der Waals surface area contributed by atoms with E-state index < -0.39 is 0 Å². The Balaban J connectivity index is 0.00000161. The zero-order valence-corrected chi connectivity index (χ0v) is 15.9. The monoisotopic (exact) mass is 406 g/mol. The first-order valence-electron chi connectivity index (χ1n) is 8.46. The molecule has 0 aromatic rings. The maximum absolute atomic E-state index is 4.49. The van der Waals surface area contributed by atoms with Gasteiger partial charge in [-0.2, -0.15) is 0 Å². The van der Waals surface area contributed by atoms with Crippen molar-refractivity contribution in [1.82, 2.24) is 15.1 Å². The molecule has 3 aliphatic rings. The lowest BCUT2D eigenvalue weighted by Gasteiger charge is -2.38. The van der Waals surface area contributed by atoms with E-state index in [-0.39, 0.29) is 24.0 Å². The predicted molar refractivity (Wildman–Crippen MR) is 99.5 cm³/mol. The molecule has 122 valence electrons. The lowest BCUT2D eigenvalue weighted by molar-refractivity contribution is 0.151. The Kier molecular flexibility index (Phi) is 6.17. The molecule has 0 bridgehead atoms. The van der Waals surface area contributed by atoms with Crippen LogP contribution in [-0.2, 0) is 0 Å². The zero-order chi connectivity index (χ0) is 14.0. The second-order valence-electron chi connectivity index (χ2n) is 6.86. The lowest BCUT2D eigenvalue weighted by Crippen LogP contribution is -2.45. The van der Waals surface area contributed by atoms with E-state index in [9.17, 15) is 0 Å². The molecule has 0 atom stereocenters. The molecule has 21 heavy (non-hydrogen) atoms. The number of nitrogens with one attached hydrogen (secondary N) is 1. The van der Waals surface area contributed by atoms with E-state index in [0.29, 0.717) is 5.41 Å². The predicted octanol–water partition coefficient (Wildman–Crippen LogP) is 2.54. The number of hydrogen-bond acceptors (Lipinski definition) is 2. The second-order valence-corrected chi connectivity index (χ2v) is 6.86. The summed E-state index contributed by atoms with van der Waals surface area (Å²) < 4.78 is 0. The molecule has 2 saturated carbocycles. The highest BCUT2D eigenvalue weighted by Crippen LogP contribution is 2.47. The van der Waals surface area contributed by atoms with Crippen LogP contribution in [0.1, 0.15) is 45.4 Å². The minimum atomic E-state index is 0. The summed E-state index contributed by atoms with van der Waals surface area (Å²) in [5.74, 6) is 1.13. The van der Waals surface area contributed by atoms with E-state index >= 15 is 0 Å². The smallest absolute Gasteiger partial charge is 0.193 e. The van der Waals surface area contributed by atoms with Crippen molar-refractivity contribution in [1.29, 1.82) is 0 Å². The average Bonchev–Trinajstić information content (AvgIpc) is 3.15. The molecule has 1 aliphatic heterocycles. The number of rotatable bonds is 5. The minimum absolute atomic E-state index is 0. The van der Waals surface area contributed by atoms with Gasteiger partial charge in [-0.25, -0.2) is 0 Å². The van der Waals surface area contributed by atoms with Crippen LogP contribution in [-0.4, -0.2) is 61.6 Å². The fraction of sp³-hybridized carbons (Fsp3) is 0.938. The fourth-order valence-electron chi connectivity index (χ4n) is 3.88. The number of halogens is 1. The number of likely N-dealkylation sites (tertiary alicyclic amines) is 1. The van der Waals surface area contributed by atoms with Crippen molar-refractivity contribution in [3.8, 4) is 0 Å². The number of aliphatic imine (C=N–C) groups is 1. The van der Waals surface area contributed by atoms with Gasteiger partial charge in [0.15, 0.2) is 5.96 Å². The average molecular weight is 406 g/mol. The van der Waals surface area contributed by atoms with Gasteiger partial charge in [-0.15, -0.1) is 24.0 Å². The van der Waals surface area contributed by atoms with Crippen LogP contribution >= 0.6 is 24.0 Å². The lowest BCUT2D eigenvalue weighted by atomic mass is 9.68. The highest BCUT2D eigenvalue weighted by molar-refractivity contribution is 14.0. The fourth-order valence-corrected chi connectivity index (χ4v) is 3.88. The van der Waals surface area contributed by atoms with Gasteiger partial charge in [0, 0.05) is 39.3 Å². The van der Waals surface area contributed by atoms with E-state index in [0.717, 1.165) is 25.1 Å². The molecule has 5 heteroatoms. The third-order valence-electron chi connectivity index (χ3n) is 5.52. The molecule has 0 unspecified atom stereocenters. The molecule has 3 rings (SSSR count). The topological polar surface area (TPSA) is 30.9 Å². The molecule has 1 N–H and O–H groups in total. The minimum Gasteiger partial charge on any atom is -0.355 e. The van der Waals surface area contributed by atoms with Crippen LogP contribution in [0.5, 0.6) is 0 Å². The molecule has 1 saturated heterocycles. The van der Waals surface area contributed by atoms with Crippen molar-refractivity contribution in [3.05, 3.63) is 0 Å². The van der Waals surface area contributed by atoms with Gasteiger partial charge in [-0.05, 0) is 44.1 Å². The quantitative estimate of drug-likeness (QED) is 0.433. The number of hydrogen-bond donors (Lipinski definition) is 1. The summed E-state index contributed by atoms with van der Waals surface area (Å²) in [6, 6.07) is 0.869. The van der Waals surface area contributed by atoms with Crippen LogP contribution in [0.15, 0.2) is 4.99 Å². The van der Waals surface area contributed by atoms with Crippen LogP contribution < -0.4 is 5.32 Å².